The first-order valence-electron chi connectivity index (χ1n) is 15.9. The summed E-state index contributed by atoms with van der Waals surface area (Å²) in [7, 11) is 5.42. The monoisotopic (exact) mass is 632 g/mol. The SMILES string of the molecule is CNC(=O)c1cnc(CN2CCC(NC3=C(C(=N)N4CCCc5cc(-c6cnn(C)c6)c(C(F)F)cc54)CN(C)CC3)CC2)nc1. The standard InChI is InChI=1S/C33H42F2N10O/c1-37-33(46)22-15-38-30(39-16-22)20-44-11-6-24(7-12-44)41-28-8-10-42(2)19-27(28)32(36)45-9-4-5-21-13-25(23-17-40-43(3)18-23)26(31(34)35)14-29(21)45/h13-18,24,31,36,41H,4-12,19-20H2,1-3H3,(H,37,46). The average molecular weight is 633 g/mol. The molecular weight excluding hydrogens is 590 g/mol. The van der Waals surface area contributed by atoms with Crippen molar-refractivity contribution in [3.8, 4) is 11.1 Å². The van der Waals surface area contributed by atoms with Crippen LogP contribution in [0.3, 0.4) is 0 Å². The Balaban J connectivity index is 1.17. The van der Waals surface area contributed by atoms with E-state index in [1.807, 2.05) is 11.0 Å². The van der Waals surface area contributed by atoms with Gasteiger partial charge in [-0.15, -0.1) is 0 Å². The summed E-state index contributed by atoms with van der Waals surface area (Å²) < 4.78 is 30.4. The van der Waals surface area contributed by atoms with Crippen LogP contribution in [0.5, 0.6) is 0 Å². The van der Waals surface area contributed by atoms with Gasteiger partial charge in [0, 0.05) is 106 Å². The summed E-state index contributed by atoms with van der Waals surface area (Å²) in [6, 6.07) is 3.75. The van der Waals surface area contributed by atoms with E-state index in [4.69, 9.17) is 0 Å². The Kier molecular flexibility index (Phi) is 9.41. The Morgan fingerprint density at radius 3 is 2.50 bits per heavy atom. The number of hydrogen-bond acceptors (Lipinski definition) is 8. The van der Waals surface area contributed by atoms with Gasteiger partial charge in [-0.3, -0.25) is 19.8 Å². The predicted molar refractivity (Wildman–Crippen MR) is 173 cm³/mol. The van der Waals surface area contributed by atoms with E-state index < -0.39 is 6.43 Å². The molecule has 244 valence electrons. The van der Waals surface area contributed by atoms with Crippen LogP contribution in [0.2, 0.25) is 0 Å². The average Bonchev–Trinajstić information content (AvgIpc) is 3.51. The van der Waals surface area contributed by atoms with E-state index in [0.717, 1.165) is 68.6 Å². The number of halogens is 2. The summed E-state index contributed by atoms with van der Waals surface area (Å²) >= 11 is 0. The molecule has 2 aromatic heterocycles. The summed E-state index contributed by atoms with van der Waals surface area (Å²) in [6.45, 7) is 4.53. The Morgan fingerprint density at radius 2 is 1.83 bits per heavy atom. The molecule has 1 saturated heterocycles. The molecule has 3 N–H and O–H groups in total. The lowest BCUT2D eigenvalue weighted by atomic mass is 9.92. The summed E-state index contributed by atoms with van der Waals surface area (Å²) in [4.78, 5) is 27.0. The van der Waals surface area contributed by atoms with Crippen molar-refractivity contribution in [3.05, 3.63) is 70.7 Å². The van der Waals surface area contributed by atoms with Gasteiger partial charge in [0.2, 0.25) is 0 Å². The van der Waals surface area contributed by atoms with E-state index in [0.29, 0.717) is 53.7 Å². The fourth-order valence-corrected chi connectivity index (χ4v) is 6.69. The number of hydrogen-bond donors (Lipinski definition) is 3. The molecule has 0 radical (unpaired) electrons. The maximum Gasteiger partial charge on any atom is 0.264 e. The zero-order chi connectivity index (χ0) is 32.4. The summed E-state index contributed by atoms with van der Waals surface area (Å²) in [5.41, 5.74) is 5.31. The second-order valence-corrected chi connectivity index (χ2v) is 12.5. The maximum atomic E-state index is 14.4. The van der Waals surface area contributed by atoms with Crippen molar-refractivity contribution >= 4 is 17.4 Å². The number of alkyl halides is 2. The maximum absolute atomic E-state index is 14.4. The van der Waals surface area contributed by atoms with Crippen LogP contribution in [-0.2, 0) is 20.0 Å². The first-order chi connectivity index (χ1) is 22.2. The molecule has 5 heterocycles. The lowest BCUT2D eigenvalue weighted by Crippen LogP contribution is -2.46. The number of fused-ring (bicyclic) bond motifs is 1. The number of piperidine rings is 1. The molecule has 3 aromatic rings. The lowest BCUT2D eigenvalue weighted by Gasteiger charge is -2.38. The second-order valence-electron chi connectivity index (χ2n) is 12.5. The molecular formula is C33H42F2N10O. The van der Waals surface area contributed by atoms with Crippen molar-refractivity contribution in [2.75, 3.05) is 51.7 Å². The number of carbonyl (C=O) groups is 1. The van der Waals surface area contributed by atoms with Gasteiger partial charge in [0.25, 0.3) is 12.3 Å². The number of nitrogens with one attached hydrogen (secondary N) is 3. The van der Waals surface area contributed by atoms with Crippen LogP contribution in [0, 0.1) is 5.41 Å². The molecule has 6 rings (SSSR count). The van der Waals surface area contributed by atoms with Crippen molar-refractivity contribution < 1.29 is 13.6 Å². The number of amidine groups is 1. The summed E-state index contributed by atoms with van der Waals surface area (Å²) in [6.07, 6.45) is 8.19. The fourth-order valence-electron chi connectivity index (χ4n) is 6.69. The van der Waals surface area contributed by atoms with Gasteiger partial charge in [-0.1, -0.05) is 0 Å². The highest BCUT2D eigenvalue weighted by Crippen LogP contribution is 2.39. The molecule has 3 aliphatic heterocycles. The molecule has 0 bridgehead atoms. The van der Waals surface area contributed by atoms with Crippen molar-refractivity contribution in [3.63, 3.8) is 0 Å². The van der Waals surface area contributed by atoms with Crippen LogP contribution in [0.25, 0.3) is 11.1 Å². The largest absolute Gasteiger partial charge is 0.385 e. The number of nitrogens with zero attached hydrogens (tertiary/aromatic N) is 7. The zero-order valence-corrected chi connectivity index (χ0v) is 26.7. The van der Waals surface area contributed by atoms with Crippen molar-refractivity contribution in [1.29, 1.82) is 5.41 Å². The van der Waals surface area contributed by atoms with Gasteiger partial charge in [0.1, 0.15) is 11.7 Å². The van der Waals surface area contributed by atoms with Crippen LogP contribution >= 0.6 is 0 Å². The number of amides is 1. The number of likely N-dealkylation sites (N-methyl/N-ethyl adjacent to an activating group) is 1. The van der Waals surface area contributed by atoms with Crippen LogP contribution in [-0.4, -0.2) is 94.2 Å². The predicted octanol–water partition coefficient (Wildman–Crippen LogP) is 3.75. The molecule has 0 unspecified atom stereocenters. The van der Waals surface area contributed by atoms with E-state index in [1.54, 1.807) is 49.6 Å². The number of aryl methyl sites for hydroxylation is 2. The number of rotatable bonds is 8. The highest BCUT2D eigenvalue weighted by Gasteiger charge is 2.31. The molecule has 1 aromatic carbocycles. The van der Waals surface area contributed by atoms with Gasteiger partial charge in [-0.05, 0) is 56.0 Å². The van der Waals surface area contributed by atoms with Crippen LogP contribution in [0.4, 0.5) is 14.5 Å². The molecule has 0 saturated carbocycles. The van der Waals surface area contributed by atoms with E-state index in [2.05, 4.69) is 42.5 Å². The van der Waals surface area contributed by atoms with E-state index in [-0.39, 0.29) is 17.5 Å². The molecule has 46 heavy (non-hydrogen) atoms. The van der Waals surface area contributed by atoms with Gasteiger partial charge < -0.3 is 20.4 Å². The van der Waals surface area contributed by atoms with Crippen molar-refractivity contribution in [2.45, 2.75) is 51.1 Å². The normalized spacial score (nSPS) is 18.2. The van der Waals surface area contributed by atoms with Crippen molar-refractivity contribution in [2.24, 2.45) is 7.05 Å². The Bertz CT molecular complexity index is 1610. The van der Waals surface area contributed by atoms with Gasteiger partial charge in [-0.2, -0.15) is 5.10 Å². The van der Waals surface area contributed by atoms with Crippen LogP contribution in [0.1, 0.15) is 59.4 Å². The topological polar surface area (TPSA) is 118 Å². The quantitative estimate of drug-likeness (QED) is 0.254. The molecule has 13 heteroatoms. The minimum atomic E-state index is -2.64. The highest BCUT2D eigenvalue weighted by molar-refractivity contribution is 6.09. The molecule has 0 atom stereocenters. The van der Waals surface area contributed by atoms with E-state index >= 15 is 0 Å². The van der Waals surface area contributed by atoms with Gasteiger partial charge in [0.05, 0.1) is 18.3 Å². The van der Waals surface area contributed by atoms with E-state index in [9.17, 15) is 19.0 Å². The van der Waals surface area contributed by atoms with Gasteiger partial charge in [0.15, 0.2) is 0 Å². The first-order valence-corrected chi connectivity index (χ1v) is 15.9. The molecule has 0 aliphatic carbocycles. The third-order valence-electron chi connectivity index (χ3n) is 9.24. The Labute approximate surface area is 268 Å². The highest BCUT2D eigenvalue weighted by atomic mass is 19.3. The smallest absolute Gasteiger partial charge is 0.264 e. The van der Waals surface area contributed by atoms with Crippen molar-refractivity contribution in [1.82, 2.24) is 40.2 Å². The number of carbonyl (C=O) groups excluding carboxylic acids is 1. The zero-order valence-electron chi connectivity index (χ0n) is 26.7. The second kappa shape index (κ2) is 13.6. The van der Waals surface area contributed by atoms with Gasteiger partial charge in [-0.25, -0.2) is 18.7 Å². The Hall–Kier alpha value is -4.23. The molecule has 1 fully saturated rings. The van der Waals surface area contributed by atoms with E-state index in [1.165, 1.54) is 0 Å². The lowest BCUT2D eigenvalue weighted by molar-refractivity contribution is 0.0962. The van der Waals surface area contributed by atoms with Crippen LogP contribution in [0.15, 0.2) is 48.2 Å². The number of likely N-dealkylation sites (tertiary alicyclic amines) is 1. The summed E-state index contributed by atoms with van der Waals surface area (Å²) in [5.74, 6) is 0.878. The molecule has 0 spiro atoms. The fraction of sp³-hybridized carbons (Fsp3) is 0.485. The number of aromatic nitrogens is 4. The minimum Gasteiger partial charge on any atom is -0.385 e. The minimum absolute atomic E-state index is 0.0286. The van der Waals surface area contributed by atoms with Gasteiger partial charge >= 0.3 is 0 Å². The number of benzene rings is 1. The first kappa shape index (κ1) is 31.7. The Morgan fingerprint density at radius 1 is 1.07 bits per heavy atom. The number of anilines is 1. The van der Waals surface area contributed by atoms with Crippen LogP contribution < -0.4 is 15.5 Å². The molecule has 11 nitrogen and oxygen atoms in total. The third-order valence-corrected chi connectivity index (χ3v) is 9.24. The summed E-state index contributed by atoms with van der Waals surface area (Å²) in [5, 5.41) is 20.0. The third kappa shape index (κ3) is 6.80. The molecule has 1 amide bonds. The molecule has 3 aliphatic rings.